The Morgan fingerprint density at radius 3 is 2.44 bits per heavy atom. The zero-order valence-electron chi connectivity index (χ0n) is 13.8. The Morgan fingerprint density at radius 2 is 1.84 bits per heavy atom. The van der Waals surface area contributed by atoms with Crippen LogP contribution in [0, 0.1) is 18.6 Å². The molecule has 0 bridgehead atoms. The van der Waals surface area contributed by atoms with Crippen LogP contribution in [-0.4, -0.2) is 38.3 Å². The lowest BCUT2D eigenvalue weighted by atomic mass is 10.0. The molecule has 0 aliphatic heterocycles. The molecule has 0 aliphatic carbocycles. The maximum Gasteiger partial charge on any atom is 0.213 e. The van der Waals surface area contributed by atoms with E-state index in [-0.39, 0.29) is 30.1 Å². The molecule has 0 N–H and O–H groups in total. The number of pyridine rings is 1. The second-order valence-electron chi connectivity index (χ2n) is 5.55. The SMILES string of the molecule is Cc1nc(OCCCS(C)(=O)=O)ccc1-c1ccc(F)c(C=O)c1F. The highest BCUT2D eigenvalue weighted by Crippen LogP contribution is 2.29. The topological polar surface area (TPSA) is 73.3 Å². The van der Waals surface area contributed by atoms with Gasteiger partial charge in [0.25, 0.3) is 0 Å². The number of carbonyl (C=O) groups is 1. The fourth-order valence-corrected chi connectivity index (χ4v) is 2.93. The molecule has 0 atom stereocenters. The van der Waals surface area contributed by atoms with Crippen LogP contribution in [-0.2, 0) is 9.84 Å². The molecule has 0 radical (unpaired) electrons. The Kier molecular flexibility index (Phi) is 5.84. The zero-order valence-corrected chi connectivity index (χ0v) is 14.6. The standard InChI is InChI=1S/C17H17F2NO4S/c1-11-12(13-4-6-15(18)14(10-21)17(13)19)5-7-16(20-11)24-8-3-9-25(2,22)23/h4-7,10H,3,8-9H2,1-2H3. The maximum absolute atomic E-state index is 14.3. The number of sulfone groups is 1. The van der Waals surface area contributed by atoms with Gasteiger partial charge in [0.2, 0.25) is 5.88 Å². The number of carbonyl (C=O) groups excluding carboxylic acids is 1. The number of halogens is 2. The van der Waals surface area contributed by atoms with Gasteiger partial charge in [0, 0.05) is 29.1 Å². The predicted octanol–water partition coefficient (Wildman–Crippen LogP) is 2.96. The van der Waals surface area contributed by atoms with Crippen LogP contribution < -0.4 is 4.74 Å². The van der Waals surface area contributed by atoms with Gasteiger partial charge in [-0.25, -0.2) is 22.2 Å². The molecular weight excluding hydrogens is 352 g/mol. The lowest BCUT2D eigenvalue weighted by Gasteiger charge is -2.11. The van der Waals surface area contributed by atoms with Crippen molar-refractivity contribution in [2.45, 2.75) is 13.3 Å². The molecule has 0 saturated heterocycles. The van der Waals surface area contributed by atoms with Gasteiger partial charge in [-0.2, -0.15) is 0 Å². The number of benzene rings is 1. The Balaban J connectivity index is 2.19. The van der Waals surface area contributed by atoms with E-state index in [1.165, 1.54) is 12.1 Å². The first-order valence-corrected chi connectivity index (χ1v) is 9.50. The first kappa shape index (κ1) is 19.0. The molecule has 8 heteroatoms. The molecule has 0 unspecified atom stereocenters. The van der Waals surface area contributed by atoms with E-state index in [1.807, 2.05) is 0 Å². The molecule has 25 heavy (non-hydrogen) atoms. The molecule has 2 aromatic rings. The van der Waals surface area contributed by atoms with Crippen molar-refractivity contribution in [2.75, 3.05) is 18.6 Å². The van der Waals surface area contributed by atoms with Crippen molar-refractivity contribution in [2.24, 2.45) is 0 Å². The van der Waals surface area contributed by atoms with Gasteiger partial charge in [0.05, 0.1) is 17.9 Å². The Hall–Kier alpha value is -2.35. The van der Waals surface area contributed by atoms with E-state index in [4.69, 9.17) is 4.74 Å². The van der Waals surface area contributed by atoms with E-state index in [0.717, 1.165) is 12.3 Å². The molecule has 1 aromatic heterocycles. The summed E-state index contributed by atoms with van der Waals surface area (Å²) in [5.74, 6) is -1.58. The van der Waals surface area contributed by atoms with Crippen LogP contribution in [0.5, 0.6) is 5.88 Å². The van der Waals surface area contributed by atoms with E-state index >= 15 is 0 Å². The van der Waals surface area contributed by atoms with Gasteiger partial charge >= 0.3 is 0 Å². The van der Waals surface area contributed by atoms with Crippen molar-refractivity contribution in [1.82, 2.24) is 4.98 Å². The fraction of sp³-hybridized carbons (Fsp3) is 0.294. The molecule has 5 nitrogen and oxygen atoms in total. The van der Waals surface area contributed by atoms with Crippen molar-refractivity contribution in [3.8, 4) is 17.0 Å². The Labute approximate surface area is 144 Å². The van der Waals surface area contributed by atoms with Crippen LogP contribution in [0.3, 0.4) is 0 Å². The minimum Gasteiger partial charge on any atom is -0.478 e. The van der Waals surface area contributed by atoms with Crippen LogP contribution in [0.1, 0.15) is 22.5 Å². The highest BCUT2D eigenvalue weighted by Gasteiger charge is 2.16. The van der Waals surface area contributed by atoms with E-state index in [0.29, 0.717) is 17.7 Å². The van der Waals surface area contributed by atoms with Gasteiger partial charge in [-0.05, 0) is 31.5 Å². The molecule has 2 rings (SSSR count). The quantitative estimate of drug-likeness (QED) is 0.554. The molecule has 1 aromatic carbocycles. The summed E-state index contributed by atoms with van der Waals surface area (Å²) in [7, 11) is -3.05. The molecular formula is C17H17F2NO4S. The van der Waals surface area contributed by atoms with Crippen LogP contribution >= 0.6 is 0 Å². The largest absolute Gasteiger partial charge is 0.478 e. The first-order chi connectivity index (χ1) is 11.7. The van der Waals surface area contributed by atoms with Crippen molar-refractivity contribution in [3.05, 3.63) is 47.2 Å². The predicted molar refractivity (Wildman–Crippen MR) is 89.5 cm³/mol. The average molecular weight is 369 g/mol. The Bertz CT molecular complexity index is 898. The van der Waals surface area contributed by atoms with E-state index < -0.39 is 27.0 Å². The number of hydrogen-bond donors (Lipinski definition) is 0. The molecule has 0 amide bonds. The van der Waals surface area contributed by atoms with Crippen LogP contribution in [0.2, 0.25) is 0 Å². The van der Waals surface area contributed by atoms with E-state index in [1.54, 1.807) is 13.0 Å². The van der Waals surface area contributed by atoms with Crippen molar-refractivity contribution >= 4 is 16.1 Å². The van der Waals surface area contributed by atoms with Crippen LogP contribution in [0.25, 0.3) is 11.1 Å². The number of ether oxygens (including phenoxy) is 1. The third kappa shape index (κ3) is 4.82. The van der Waals surface area contributed by atoms with E-state index in [2.05, 4.69) is 4.98 Å². The number of aromatic nitrogens is 1. The summed E-state index contributed by atoms with van der Waals surface area (Å²) < 4.78 is 55.2. The monoisotopic (exact) mass is 369 g/mol. The summed E-state index contributed by atoms with van der Waals surface area (Å²) in [5.41, 5.74) is 0.280. The summed E-state index contributed by atoms with van der Waals surface area (Å²) in [4.78, 5) is 15.0. The third-order valence-electron chi connectivity index (χ3n) is 3.50. The molecule has 0 aliphatic rings. The van der Waals surface area contributed by atoms with Crippen molar-refractivity contribution in [1.29, 1.82) is 0 Å². The van der Waals surface area contributed by atoms with Gasteiger partial charge < -0.3 is 4.74 Å². The lowest BCUT2D eigenvalue weighted by Crippen LogP contribution is -2.08. The van der Waals surface area contributed by atoms with Gasteiger partial charge in [-0.1, -0.05) is 0 Å². The van der Waals surface area contributed by atoms with Crippen molar-refractivity contribution < 1.29 is 26.7 Å². The maximum atomic E-state index is 14.3. The fourth-order valence-electron chi connectivity index (χ4n) is 2.29. The summed E-state index contributed by atoms with van der Waals surface area (Å²) in [6.45, 7) is 1.81. The van der Waals surface area contributed by atoms with E-state index in [9.17, 15) is 22.0 Å². The second kappa shape index (κ2) is 7.69. The zero-order chi connectivity index (χ0) is 18.6. The Morgan fingerprint density at radius 1 is 1.16 bits per heavy atom. The first-order valence-electron chi connectivity index (χ1n) is 7.44. The normalized spacial score (nSPS) is 11.4. The van der Waals surface area contributed by atoms with Crippen LogP contribution in [0.15, 0.2) is 24.3 Å². The average Bonchev–Trinajstić information content (AvgIpc) is 2.52. The van der Waals surface area contributed by atoms with Gasteiger partial charge in [-0.15, -0.1) is 0 Å². The molecule has 0 saturated carbocycles. The lowest BCUT2D eigenvalue weighted by molar-refractivity contribution is 0.111. The van der Waals surface area contributed by atoms with Crippen LogP contribution in [0.4, 0.5) is 8.78 Å². The summed E-state index contributed by atoms with van der Waals surface area (Å²) >= 11 is 0. The minimum atomic E-state index is -3.05. The highest BCUT2D eigenvalue weighted by molar-refractivity contribution is 7.90. The number of rotatable bonds is 7. The third-order valence-corrected chi connectivity index (χ3v) is 4.53. The number of aldehydes is 1. The summed E-state index contributed by atoms with van der Waals surface area (Å²) in [5, 5.41) is 0. The number of hydrogen-bond acceptors (Lipinski definition) is 5. The molecule has 1 heterocycles. The minimum absolute atomic E-state index is 0.0132. The summed E-state index contributed by atoms with van der Waals surface area (Å²) in [6.07, 6.45) is 1.61. The van der Waals surface area contributed by atoms with Gasteiger partial charge in [-0.3, -0.25) is 4.79 Å². The van der Waals surface area contributed by atoms with Gasteiger partial charge in [0.1, 0.15) is 21.5 Å². The number of nitrogens with zero attached hydrogens (tertiary/aromatic N) is 1. The van der Waals surface area contributed by atoms with Gasteiger partial charge in [0.15, 0.2) is 6.29 Å². The smallest absolute Gasteiger partial charge is 0.213 e. The molecule has 0 spiro atoms. The molecule has 134 valence electrons. The second-order valence-corrected chi connectivity index (χ2v) is 7.81. The highest BCUT2D eigenvalue weighted by atomic mass is 32.2. The number of aryl methyl sites for hydroxylation is 1. The van der Waals surface area contributed by atoms with Crippen molar-refractivity contribution in [3.63, 3.8) is 0 Å². The summed E-state index contributed by atoms with van der Waals surface area (Å²) in [6, 6.07) is 5.33. The molecule has 0 fully saturated rings.